The van der Waals surface area contributed by atoms with Crippen molar-refractivity contribution in [1.29, 1.82) is 0 Å². The normalized spacial score (nSPS) is 16.9. The highest BCUT2D eigenvalue weighted by Crippen LogP contribution is 2.31. The lowest BCUT2D eigenvalue weighted by Gasteiger charge is -2.25. The molecule has 1 saturated carbocycles. The Labute approximate surface area is 96.0 Å². The summed E-state index contributed by atoms with van der Waals surface area (Å²) in [4.78, 5) is 11.7. The van der Waals surface area contributed by atoms with Gasteiger partial charge in [0.15, 0.2) is 0 Å². The summed E-state index contributed by atoms with van der Waals surface area (Å²) in [5.41, 5.74) is 0.435. The van der Waals surface area contributed by atoms with E-state index in [1.165, 1.54) is 19.3 Å². The van der Waals surface area contributed by atoms with Crippen molar-refractivity contribution in [1.82, 2.24) is 9.78 Å². The van der Waals surface area contributed by atoms with E-state index < -0.39 is 0 Å². The van der Waals surface area contributed by atoms with Crippen LogP contribution in [0.5, 0.6) is 0 Å². The van der Waals surface area contributed by atoms with Gasteiger partial charge in [0.2, 0.25) is 5.91 Å². The van der Waals surface area contributed by atoms with Crippen molar-refractivity contribution in [2.45, 2.75) is 46.1 Å². The molecule has 0 radical (unpaired) electrons. The second-order valence-corrected chi connectivity index (χ2v) is 5.50. The Kier molecular flexibility index (Phi) is 2.74. The molecular weight excluding hydrogens is 202 g/mol. The fraction of sp³-hybridized carbons (Fsp3) is 0.667. The third kappa shape index (κ3) is 2.26. The molecule has 0 atom stereocenters. The van der Waals surface area contributed by atoms with Gasteiger partial charge in [-0.25, -0.2) is 0 Å². The topological polar surface area (TPSA) is 46.9 Å². The molecule has 2 rings (SSSR count). The van der Waals surface area contributed by atoms with E-state index in [2.05, 4.69) is 10.4 Å². The molecule has 0 unspecified atom stereocenters. The van der Waals surface area contributed by atoms with E-state index in [0.717, 1.165) is 5.69 Å². The minimum absolute atomic E-state index is 0.0284. The molecule has 1 N–H and O–H groups in total. The van der Waals surface area contributed by atoms with E-state index in [4.69, 9.17) is 0 Å². The Morgan fingerprint density at radius 2 is 2.19 bits per heavy atom. The van der Waals surface area contributed by atoms with Gasteiger partial charge in [0.05, 0.1) is 17.9 Å². The number of hydrogen-bond donors (Lipinski definition) is 1. The number of rotatable bonds is 2. The zero-order valence-corrected chi connectivity index (χ0v) is 10.2. The van der Waals surface area contributed by atoms with Crippen molar-refractivity contribution in [3.05, 3.63) is 12.4 Å². The highest BCUT2D eigenvalue weighted by Gasteiger charge is 2.23. The molecule has 1 aromatic rings. The van der Waals surface area contributed by atoms with E-state index in [-0.39, 0.29) is 11.3 Å². The average Bonchev–Trinajstić information content (AvgIpc) is 2.48. The Morgan fingerprint density at radius 1 is 1.50 bits per heavy atom. The average molecular weight is 221 g/mol. The van der Waals surface area contributed by atoms with Crippen LogP contribution in [0.15, 0.2) is 12.4 Å². The maximum absolute atomic E-state index is 11.7. The summed E-state index contributed by atoms with van der Waals surface area (Å²) in [7, 11) is 0. The summed E-state index contributed by atoms with van der Waals surface area (Å²) in [6, 6.07) is 0.542. The molecule has 1 aliphatic carbocycles. The lowest BCUT2D eigenvalue weighted by Crippen LogP contribution is -2.27. The molecule has 4 nitrogen and oxygen atoms in total. The monoisotopic (exact) mass is 221 g/mol. The van der Waals surface area contributed by atoms with E-state index in [1.54, 1.807) is 6.20 Å². The molecule has 0 bridgehead atoms. The van der Waals surface area contributed by atoms with Crippen molar-refractivity contribution in [2.24, 2.45) is 5.41 Å². The van der Waals surface area contributed by atoms with Crippen LogP contribution in [0.3, 0.4) is 0 Å². The van der Waals surface area contributed by atoms with Crippen molar-refractivity contribution in [3.8, 4) is 0 Å². The fourth-order valence-corrected chi connectivity index (χ4v) is 1.57. The number of amides is 1. The van der Waals surface area contributed by atoms with Gasteiger partial charge in [0.1, 0.15) is 0 Å². The van der Waals surface area contributed by atoms with Crippen LogP contribution in [-0.2, 0) is 4.79 Å². The third-order valence-corrected chi connectivity index (χ3v) is 2.99. The summed E-state index contributed by atoms with van der Waals surface area (Å²) >= 11 is 0. The second-order valence-electron chi connectivity index (χ2n) is 5.50. The number of carbonyl (C=O) groups excluding carboxylic acids is 1. The van der Waals surface area contributed by atoms with Crippen molar-refractivity contribution < 1.29 is 4.79 Å². The van der Waals surface area contributed by atoms with Crippen LogP contribution in [0.1, 0.15) is 46.1 Å². The minimum atomic E-state index is -0.363. The van der Waals surface area contributed by atoms with Crippen molar-refractivity contribution >= 4 is 11.6 Å². The molecule has 1 fully saturated rings. The number of nitrogens with zero attached hydrogens (tertiary/aromatic N) is 2. The zero-order valence-electron chi connectivity index (χ0n) is 10.2. The van der Waals surface area contributed by atoms with Gasteiger partial charge in [-0.3, -0.25) is 9.48 Å². The standard InChI is InChI=1S/C12H19N3O/c1-12(2,3)11(16)14-9-7-13-15(8-9)10-5-4-6-10/h7-8,10H,4-6H2,1-3H3,(H,14,16). The van der Waals surface area contributed by atoms with Crippen LogP contribution in [0.4, 0.5) is 5.69 Å². The first-order valence-corrected chi connectivity index (χ1v) is 5.82. The van der Waals surface area contributed by atoms with Crippen molar-refractivity contribution in [3.63, 3.8) is 0 Å². The number of hydrogen-bond acceptors (Lipinski definition) is 2. The van der Waals surface area contributed by atoms with Crippen LogP contribution in [-0.4, -0.2) is 15.7 Å². The molecule has 1 amide bonds. The molecule has 0 saturated heterocycles. The van der Waals surface area contributed by atoms with Crippen LogP contribution >= 0.6 is 0 Å². The first-order valence-electron chi connectivity index (χ1n) is 5.82. The van der Waals surface area contributed by atoms with E-state index in [9.17, 15) is 4.79 Å². The molecule has 16 heavy (non-hydrogen) atoms. The highest BCUT2D eigenvalue weighted by atomic mass is 16.2. The van der Waals surface area contributed by atoms with Crippen molar-refractivity contribution in [2.75, 3.05) is 5.32 Å². The van der Waals surface area contributed by atoms with E-state index >= 15 is 0 Å². The molecule has 1 heterocycles. The van der Waals surface area contributed by atoms with Gasteiger partial charge < -0.3 is 5.32 Å². The predicted octanol–water partition coefficient (Wildman–Crippen LogP) is 2.59. The summed E-state index contributed by atoms with van der Waals surface area (Å²) < 4.78 is 1.96. The SMILES string of the molecule is CC(C)(C)C(=O)Nc1cnn(C2CCC2)c1. The van der Waals surface area contributed by atoms with Gasteiger partial charge >= 0.3 is 0 Å². The second kappa shape index (κ2) is 3.92. The zero-order chi connectivity index (χ0) is 11.8. The van der Waals surface area contributed by atoms with Gasteiger partial charge in [0.25, 0.3) is 0 Å². The Morgan fingerprint density at radius 3 is 2.69 bits per heavy atom. The molecule has 0 aromatic carbocycles. The van der Waals surface area contributed by atoms with Gasteiger partial charge in [-0.05, 0) is 19.3 Å². The number of aromatic nitrogens is 2. The molecule has 4 heteroatoms. The molecule has 88 valence electrons. The number of nitrogens with one attached hydrogen (secondary N) is 1. The summed E-state index contributed by atoms with van der Waals surface area (Å²) in [6.07, 6.45) is 7.34. The lowest BCUT2D eigenvalue weighted by atomic mass is 9.93. The molecular formula is C12H19N3O. The summed E-state index contributed by atoms with van der Waals surface area (Å²) in [6.45, 7) is 5.70. The van der Waals surface area contributed by atoms with Gasteiger partial charge in [-0.1, -0.05) is 20.8 Å². The number of carbonyl (C=O) groups is 1. The Hall–Kier alpha value is -1.32. The molecule has 0 spiro atoms. The van der Waals surface area contributed by atoms with Crippen LogP contribution in [0.2, 0.25) is 0 Å². The largest absolute Gasteiger partial charge is 0.323 e. The first kappa shape index (κ1) is 11.2. The van der Waals surface area contributed by atoms with Gasteiger partial charge in [0, 0.05) is 11.6 Å². The first-order chi connectivity index (χ1) is 7.47. The fourth-order valence-electron chi connectivity index (χ4n) is 1.57. The quantitative estimate of drug-likeness (QED) is 0.834. The lowest BCUT2D eigenvalue weighted by molar-refractivity contribution is -0.123. The van der Waals surface area contributed by atoms with E-state index in [1.807, 2.05) is 31.6 Å². The summed E-state index contributed by atoms with van der Waals surface area (Å²) in [5, 5.41) is 7.16. The molecule has 1 aliphatic rings. The number of anilines is 1. The van der Waals surface area contributed by atoms with Crippen LogP contribution < -0.4 is 5.32 Å². The summed E-state index contributed by atoms with van der Waals surface area (Å²) in [5.74, 6) is 0.0284. The predicted molar refractivity (Wildman–Crippen MR) is 63.2 cm³/mol. The molecule has 1 aromatic heterocycles. The minimum Gasteiger partial charge on any atom is -0.323 e. The van der Waals surface area contributed by atoms with Gasteiger partial charge in [-0.15, -0.1) is 0 Å². The Balaban J connectivity index is 2.00. The molecule has 0 aliphatic heterocycles. The third-order valence-electron chi connectivity index (χ3n) is 2.99. The smallest absolute Gasteiger partial charge is 0.229 e. The Bertz CT molecular complexity index is 385. The van der Waals surface area contributed by atoms with Gasteiger partial charge in [-0.2, -0.15) is 5.10 Å². The highest BCUT2D eigenvalue weighted by molar-refractivity contribution is 5.94. The maximum Gasteiger partial charge on any atom is 0.229 e. The van der Waals surface area contributed by atoms with Crippen LogP contribution in [0, 0.1) is 5.41 Å². The van der Waals surface area contributed by atoms with E-state index in [0.29, 0.717) is 6.04 Å². The maximum atomic E-state index is 11.7. The van der Waals surface area contributed by atoms with Crippen LogP contribution in [0.25, 0.3) is 0 Å².